The molecule has 0 atom stereocenters. The number of Topliss-reactive ketones (excluding diaryl/α,β-unsaturated/α-hetero) is 1. The summed E-state index contributed by atoms with van der Waals surface area (Å²) in [5.41, 5.74) is 0.255. The Kier molecular flexibility index (Phi) is 9.44. The monoisotopic (exact) mass is 529 g/mol. The molecule has 1 N–H and O–H groups in total. The molecule has 0 amide bonds. The molecule has 9 heteroatoms. The highest BCUT2D eigenvalue weighted by Gasteiger charge is 2.31. The van der Waals surface area contributed by atoms with E-state index in [0.29, 0.717) is 28.2 Å². The molecular weight excluding hydrogens is 497 g/mol. The lowest BCUT2D eigenvalue weighted by Gasteiger charge is -2.27. The van der Waals surface area contributed by atoms with Gasteiger partial charge in [0.2, 0.25) is 10.0 Å². The van der Waals surface area contributed by atoms with Gasteiger partial charge in [0, 0.05) is 5.41 Å². The van der Waals surface area contributed by atoms with E-state index in [0.717, 1.165) is 30.2 Å². The average Bonchev–Trinajstić information content (AvgIpc) is 2.72. The first kappa shape index (κ1) is 28.4. The molecular formula is C25H33Cl2NO5S. The van der Waals surface area contributed by atoms with Crippen molar-refractivity contribution in [3.63, 3.8) is 0 Å². The maximum Gasteiger partial charge on any atom is 0.209 e. The van der Waals surface area contributed by atoms with Crippen LogP contribution in [0, 0.1) is 0 Å². The zero-order chi connectivity index (χ0) is 25.7. The summed E-state index contributed by atoms with van der Waals surface area (Å²) < 4.78 is 36.6. The third kappa shape index (κ3) is 7.60. The fraction of sp³-hybridized carbons (Fsp3) is 0.480. The summed E-state index contributed by atoms with van der Waals surface area (Å²) in [6, 6.07) is 11.1. The molecule has 2 aromatic carbocycles. The highest BCUT2D eigenvalue weighted by atomic mass is 35.5. The molecule has 0 saturated heterocycles. The van der Waals surface area contributed by atoms with E-state index in [2.05, 4.69) is 25.5 Å². The van der Waals surface area contributed by atoms with Gasteiger partial charge in [-0.15, -0.1) is 0 Å². The summed E-state index contributed by atoms with van der Waals surface area (Å²) in [6.45, 7) is 9.51. The minimum Gasteiger partial charge on any atom is -0.490 e. The molecule has 0 unspecified atom stereocenters. The van der Waals surface area contributed by atoms with Gasteiger partial charge in [0.15, 0.2) is 11.5 Å². The number of carbonyl (C=O) groups is 1. The van der Waals surface area contributed by atoms with Crippen molar-refractivity contribution < 1.29 is 22.7 Å². The Morgan fingerprint density at radius 3 is 2.03 bits per heavy atom. The molecule has 0 heterocycles. The topological polar surface area (TPSA) is 81.7 Å². The molecule has 0 aliphatic carbocycles. The van der Waals surface area contributed by atoms with Crippen molar-refractivity contribution in [2.75, 3.05) is 19.5 Å². The first-order chi connectivity index (χ1) is 15.7. The van der Waals surface area contributed by atoms with E-state index < -0.39 is 21.0 Å². The van der Waals surface area contributed by atoms with Crippen LogP contribution in [0.4, 0.5) is 0 Å². The maximum absolute atomic E-state index is 12.4. The minimum absolute atomic E-state index is 0.261. The van der Waals surface area contributed by atoms with Gasteiger partial charge in [-0.25, -0.2) is 13.1 Å². The molecule has 2 aromatic rings. The van der Waals surface area contributed by atoms with E-state index in [9.17, 15) is 13.2 Å². The Morgan fingerprint density at radius 1 is 0.971 bits per heavy atom. The zero-order valence-corrected chi connectivity index (χ0v) is 22.8. The number of rotatable bonds is 12. The van der Waals surface area contributed by atoms with Crippen molar-refractivity contribution in [1.29, 1.82) is 0 Å². The van der Waals surface area contributed by atoms with Gasteiger partial charge in [-0.2, -0.15) is 0 Å². The smallest absolute Gasteiger partial charge is 0.209 e. The second-order valence-electron chi connectivity index (χ2n) is 9.33. The van der Waals surface area contributed by atoms with Crippen molar-refractivity contribution in [2.24, 2.45) is 0 Å². The van der Waals surface area contributed by atoms with E-state index in [1.807, 2.05) is 24.3 Å². The van der Waals surface area contributed by atoms with E-state index in [4.69, 9.17) is 32.7 Å². The average molecular weight is 531 g/mol. The molecule has 2 rings (SSSR count). The van der Waals surface area contributed by atoms with Crippen LogP contribution >= 0.6 is 23.2 Å². The zero-order valence-electron chi connectivity index (χ0n) is 20.5. The van der Waals surface area contributed by atoms with Crippen LogP contribution in [0.5, 0.6) is 11.5 Å². The van der Waals surface area contributed by atoms with Gasteiger partial charge in [0.05, 0.1) is 28.4 Å². The highest BCUT2D eigenvalue weighted by molar-refractivity contribution is 7.88. The predicted octanol–water partition coefficient (Wildman–Crippen LogP) is 5.77. The molecule has 0 saturated carbocycles. The largest absolute Gasteiger partial charge is 0.490 e. The summed E-state index contributed by atoms with van der Waals surface area (Å²) in [6.07, 6.45) is 2.95. The number of benzene rings is 2. The third-order valence-electron chi connectivity index (χ3n) is 5.55. The molecule has 188 valence electrons. The molecule has 0 aliphatic heterocycles. The molecule has 0 radical (unpaired) electrons. The Labute approximate surface area is 213 Å². The molecule has 6 nitrogen and oxygen atoms in total. The van der Waals surface area contributed by atoms with Crippen LogP contribution in [-0.4, -0.2) is 39.2 Å². The van der Waals surface area contributed by atoms with E-state index in [-0.39, 0.29) is 12.4 Å². The van der Waals surface area contributed by atoms with Gasteiger partial charge < -0.3 is 9.47 Å². The second kappa shape index (κ2) is 11.3. The van der Waals surface area contributed by atoms with Gasteiger partial charge in [-0.1, -0.05) is 62.5 Å². The minimum atomic E-state index is -3.53. The fourth-order valence-corrected chi connectivity index (χ4v) is 5.00. The fourth-order valence-electron chi connectivity index (χ4n) is 3.36. The number of sulfonamides is 1. The van der Waals surface area contributed by atoms with E-state index in [1.54, 1.807) is 12.1 Å². The van der Waals surface area contributed by atoms with Crippen LogP contribution in [0.15, 0.2) is 36.4 Å². The van der Waals surface area contributed by atoms with Gasteiger partial charge in [0.25, 0.3) is 0 Å². The Hall–Kier alpha value is -1.80. The van der Waals surface area contributed by atoms with Gasteiger partial charge in [-0.3, -0.25) is 4.79 Å². The van der Waals surface area contributed by atoms with Crippen LogP contribution in [0.1, 0.15) is 58.6 Å². The highest BCUT2D eigenvalue weighted by Crippen LogP contribution is 2.40. The first-order valence-electron chi connectivity index (χ1n) is 11.1. The summed E-state index contributed by atoms with van der Waals surface area (Å²) >= 11 is 13.0. The lowest BCUT2D eigenvalue weighted by atomic mass is 9.78. The summed E-state index contributed by atoms with van der Waals surface area (Å²) in [4.78, 5) is 12.4. The lowest BCUT2D eigenvalue weighted by molar-refractivity contribution is -0.125. The Bertz CT molecular complexity index is 1090. The molecule has 0 aromatic heterocycles. The SMILES string of the molecule is CCCCOc1c(Cl)cc(C(C)(C)c2ccc(OCC(=O)C(C)(C)NS(C)(=O)=O)cc2)cc1Cl. The normalized spacial score (nSPS) is 12.5. The molecule has 0 spiro atoms. The number of hydrogen-bond acceptors (Lipinski definition) is 5. The van der Waals surface area contributed by atoms with Crippen LogP contribution in [0.25, 0.3) is 0 Å². The number of carbonyl (C=O) groups excluding carboxylic acids is 1. The number of halogens is 2. The quantitative estimate of drug-likeness (QED) is 0.352. The standard InChI is InChI=1S/C25H33Cl2NO5S/c1-7-8-13-32-23-20(26)14-18(15-21(23)27)24(2,3)17-9-11-19(12-10-17)33-16-22(29)25(4,5)28-34(6,30)31/h9-12,14-15,28H,7-8,13,16H2,1-6H3. The van der Waals surface area contributed by atoms with Crippen LogP contribution in [-0.2, 0) is 20.2 Å². The number of nitrogens with one attached hydrogen (secondary N) is 1. The van der Waals surface area contributed by atoms with Crippen LogP contribution in [0.2, 0.25) is 10.0 Å². The van der Waals surface area contributed by atoms with Crippen LogP contribution < -0.4 is 14.2 Å². The van der Waals surface area contributed by atoms with Gasteiger partial charge in [-0.05, 0) is 55.7 Å². The second-order valence-corrected chi connectivity index (χ2v) is 11.9. The molecule has 0 aliphatic rings. The van der Waals surface area contributed by atoms with Crippen LogP contribution in [0.3, 0.4) is 0 Å². The Balaban J connectivity index is 2.13. The van der Waals surface area contributed by atoms with Crippen molar-refractivity contribution in [3.8, 4) is 11.5 Å². The number of ether oxygens (including phenoxy) is 2. The van der Waals surface area contributed by atoms with Crippen molar-refractivity contribution in [3.05, 3.63) is 57.6 Å². The number of unbranched alkanes of at least 4 members (excludes halogenated alkanes) is 1. The summed E-state index contributed by atoms with van der Waals surface area (Å²) in [5, 5.41) is 0.936. The Morgan fingerprint density at radius 2 is 1.53 bits per heavy atom. The summed E-state index contributed by atoms with van der Waals surface area (Å²) in [7, 11) is -3.53. The number of ketones is 1. The first-order valence-corrected chi connectivity index (χ1v) is 13.7. The maximum atomic E-state index is 12.4. The van der Waals surface area contributed by atoms with Gasteiger partial charge in [0.1, 0.15) is 12.4 Å². The van der Waals surface area contributed by atoms with E-state index >= 15 is 0 Å². The van der Waals surface area contributed by atoms with Crippen molar-refractivity contribution >= 4 is 39.0 Å². The lowest BCUT2D eigenvalue weighted by Crippen LogP contribution is -2.51. The van der Waals surface area contributed by atoms with Gasteiger partial charge >= 0.3 is 0 Å². The third-order valence-corrected chi connectivity index (χ3v) is 6.99. The molecule has 0 bridgehead atoms. The summed E-state index contributed by atoms with van der Waals surface area (Å²) in [5.74, 6) is 0.615. The molecule has 0 fully saturated rings. The van der Waals surface area contributed by atoms with Crippen molar-refractivity contribution in [2.45, 2.75) is 58.4 Å². The molecule has 34 heavy (non-hydrogen) atoms. The predicted molar refractivity (Wildman–Crippen MR) is 138 cm³/mol. The van der Waals surface area contributed by atoms with Crippen molar-refractivity contribution in [1.82, 2.24) is 4.72 Å². The number of hydrogen-bond donors (Lipinski definition) is 1. The van der Waals surface area contributed by atoms with E-state index in [1.165, 1.54) is 13.8 Å².